The average molecular weight is 498 g/mol. The van der Waals surface area contributed by atoms with Crippen molar-refractivity contribution in [2.45, 2.75) is 21.7 Å². The molecule has 0 saturated carbocycles. The third-order valence-corrected chi connectivity index (χ3v) is 6.08. The fourth-order valence-corrected chi connectivity index (χ4v) is 4.16. The van der Waals surface area contributed by atoms with E-state index >= 15 is 0 Å². The second-order valence-electron chi connectivity index (χ2n) is 6.94. The van der Waals surface area contributed by atoms with Gasteiger partial charge in [0.2, 0.25) is 5.91 Å². The van der Waals surface area contributed by atoms with Crippen LogP contribution in [0.2, 0.25) is 0 Å². The van der Waals surface area contributed by atoms with Crippen molar-refractivity contribution in [3.05, 3.63) is 72.3 Å². The third-order valence-electron chi connectivity index (χ3n) is 4.22. The molecule has 0 heterocycles. The van der Waals surface area contributed by atoms with E-state index in [9.17, 15) is 31.5 Å². The van der Waals surface area contributed by atoms with Crippen LogP contribution in [0.1, 0.15) is 5.56 Å². The van der Waals surface area contributed by atoms with Gasteiger partial charge in [-0.15, -0.1) is 0 Å². The third kappa shape index (κ3) is 7.43. The fraction of sp³-hybridized carbons (Fsp3) is 0.136. The molecule has 2 N–H and O–H groups in total. The van der Waals surface area contributed by atoms with E-state index in [1.54, 1.807) is 24.3 Å². The van der Waals surface area contributed by atoms with E-state index in [-0.39, 0.29) is 33.7 Å². The molecule has 0 aliphatic carbocycles. The molecule has 174 valence electrons. The van der Waals surface area contributed by atoms with Gasteiger partial charge in [0.15, 0.2) is 9.84 Å². The Morgan fingerprint density at radius 3 is 2.12 bits per heavy atom. The van der Waals surface area contributed by atoms with E-state index in [0.29, 0.717) is 22.7 Å². The normalized spacial score (nSPS) is 11.8. The molecule has 0 saturated heterocycles. The van der Waals surface area contributed by atoms with Gasteiger partial charge in [-0.2, -0.15) is 13.2 Å². The van der Waals surface area contributed by atoms with Crippen LogP contribution in [-0.4, -0.2) is 31.2 Å². The highest BCUT2D eigenvalue weighted by molar-refractivity contribution is 8.00. The topological polar surface area (TPSA) is 92.7 Å². The number of hydrogen-bond acceptors (Lipinski definition) is 6. The minimum absolute atomic E-state index is 0.0465. The first-order valence-corrected chi connectivity index (χ1v) is 12.1. The summed E-state index contributed by atoms with van der Waals surface area (Å²) in [6.45, 7) is 0. The van der Waals surface area contributed by atoms with Gasteiger partial charge >= 0.3 is 5.51 Å². The molecule has 0 aliphatic heterocycles. The number of carbonyl (C=O) groups is 1. The van der Waals surface area contributed by atoms with Gasteiger partial charge in [-0.05, 0) is 78.0 Å². The summed E-state index contributed by atoms with van der Waals surface area (Å²) in [4.78, 5) is 12.1. The second-order valence-corrected chi connectivity index (χ2v) is 10.1. The molecule has 33 heavy (non-hydrogen) atoms. The number of phenolic OH excluding ortho intramolecular Hbond substituents is 1. The molecule has 0 aromatic heterocycles. The molecule has 3 aromatic rings. The Labute approximate surface area is 192 Å². The number of phenols is 1. The largest absolute Gasteiger partial charge is 0.507 e. The van der Waals surface area contributed by atoms with E-state index < -0.39 is 21.3 Å². The Morgan fingerprint density at radius 1 is 1.00 bits per heavy atom. The number of anilines is 1. The van der Waals surface area contributed by atoms with Crippen LogP contribution in [-0.2, 0) is 21.1 Å². The van der Waals surface area contributed by atoms with Crippen molar-refractivity contribution in [2.75, 3.05) is 11.6 Å². The Balaban J connectivity index is 1.59. The molecular weight excluding hydrogens is 479 g/mol. The number of carbonyl (C=O) groups excluding carboxylic acids is 1. The Bertz CT molecular complexity index is 1240. The SMILES string of the molecule is CS(=O)(=O)c1cc(CC(=O)Nc2ccc(Oc3ccc(SC(F)(F)F)cc3)cc2)ccc1O. The lowest BCUT2D eigenvalue weighted by molar-refractivity contribution is -0.115. The number of sulfone groups is 1. The quantitative estimate of drug-likeness (QED) is 0.426. The van der Waals surface area contributed by atoms with E-state index in [1.165, 1.54) is 42.5 Å². The molecule has 0 atom stereocenters. The first kappa shape index (κ1) is 24.5. The molecule has 3 rings (SSSR count). The molecule has 0 unspecified atom stereocenters. The van der Waals surface area contributed by atoms with Crippen LogP contribution >= 0.6 is 11.8 Å². The number of thioether (sulfide) groups is 1. The summed E-state index contributed by atoms with van der Waals surface area (Å²) in [5.74, 6) is -0.00886. The molecule has 0 fully saturated rings. The maximum atomic E-state index is 12.4. The molecule has 11 heteroatoms. The number of rotatable bonds is 7. The summed E-state index contributed by atoms with van der Waals surface area (Å²) < 4.78 is 66.2. The van der Waals surface area contributed by atoms with E-state index in [1.807, 2.05) is 0 Å². The standard InChI is InChI=1S/C22H18F3NO5S2/c1-33(29,30)20-12-14(2-11-19(20)27)13-21(28)26-15-3-5-16(6-4-15)31-17-7-9-18(10-8-17)32-22(23,24)25/h2-12,27H,13H2,1H3,(H,26,28). The molecule has 0 radical (unpaired) electrons. The second kappa shape index (κ2) is 9.75. The monoisotopic (exact) mass is 497 g/mol. The van der Waals surface area contributed by atoms with Crippen LogP contribution in [0.3, 0.4) is 0 Å². The number of aromatic hydroxyl groups is 1. The maximum Gasteiger partial charge on any atom is 0.446 e. The van der Waals surface area contributed by atoms with Gasteiger partial charge in [-0.25, -0.2) is 8.42 Å². The van der Waals surface area contributed by atoms with E-state index in [2.05, 4.69) is 5.32 Å². The van der Waals surface area contributed by atoms with Crippen molar-refractivity contribution >= 4 is 33.2 Å². The maximum absolute atomic E-state index is 12.4. The van der Waals surface area contributed by atoms with Crippen LogP contribution in [0, 0.1) is 0 Å². The van der Waals surface area contributed by atoms with Crippen molar-refractivity contribution in [3.8, 4) is 17.2 Å². The molecule has 1 amide bonds. The summed E-state index contributed by atoms with van der Waals surface area (Å²) in [7, 11) is -3.64. The number of nitrogens with one attached hydrogen (secondary N) is 1. The van der Waals surface area contributed by atoms with Crippen LogP contribution in [0.25, 0.3) is 0 Å². The van der Waals surface area contributed by atoms with Crippen LogP contribution in [0.4, 0.5) is 18.9 Å². The van der Waals surface area contributed by atoms with E-state index in [0.717, 1.165) is 6.26 Å². The Morgan fingerprint density at radius 2 is 1.58 bits per heavy atom. The van der Waals surface area contributed by atoms with Crippen molar-refractivity contribution in [2.24, 2.45) is 0 Å². The van der Waals surface area contributed by atoms with Gasteiger partial charge < -0.3 is 15.2 Å². The molecule has 0 bridgehead atoms. The predicted molar refractivity (Wildman–Crippen MR) is 118 cm³/mol. The lowest BCUT2D eigenvalue weighted by atomic mass is 10.1. The van der Waals surface area contributed by atoms with Gasteiger partial charge in [0, 0.05) is 16.8 Å². The Kier molecular flexibility index (Phi) is 7.23. The average Bonchev–Trinajstić information content (AvgIpc) is 2.70. The van der Waals surface area contributed by atoms with Gasteiger partial charge in [0.1, 0.15) is 22.1 Å². The number of benzene rings is 3. The number of halogens is 3. The van der Waals surface area contributed by atoms with Gasteiger partial charge in [-0.3, -0.25) is 4.79 Å². The minimum atomic E-state index is -4.36. The number of alkyl halides is 3. The number of amides is 1. The van der Waals surface area contributed by atoms with E-state index in [4.69, 9.17) is 4.74 Å². The van der Waals surface area contributed by atoms with Crippen LogP contribution in [0.5, 0.6) is 17.2 Å². The molecule has 0 spiro atoms. The minimum Gasteiger partial charge on any atom is -0.507 e. The fourth-order valence-electron chi connectivity index (χ4n) is 2.81. The lowest BCUT2D eigenvalue weighted by Crippen LogP contribution is -2.14. The number of ether oxygens (including phenoxy) is 1. The summed E-state index contributed by atoms with van der Waals surface area (Å²) in [5.41, 5.74) is -3.48. The number of hydrogen-bond donors (Lipinski definition) is 2. The Hall–Kier alpha value is -3.18. The van der Waals surface area contributed by atoms with Crippen molar-refractivity contribution in [1.82, 2.24) is 0 Å². The van der Waals surface area contributed by atoms with Crippen LogP contribution < -0.4 is 10.1 Å². The smallest absolute Gasteiger partial charge is 0.446 e. The van der Waals surface area contributed by atoms with Gasteiger partial charge in [0.25, 0.3) is 0 Å². The zero-order valence-corrected chi connectivity index (χ0v) is 18.7. The van der Waals surface area contributed by atoms with Crippen molar-refractivity contribution in [1.29, 1.82) is 0 Å². The van der Waals surface area contributed by atoms with Gasteiger partial charge in [0.05, 0.1) is 6.42 Å². The summed E-state index contributed by atoms with van der Waals surface area (Å²) in [6.07, 6.45) is 0.856. The first-order chi connectivity index (χ1) is 15.4. The molecule has 0 aliphatic rings. The first-order valence-electron chi connectivity index (χ1n) is 9.34. The summed E-state index contributed by atoms with van der Waals surface area (Å²) >= 11 is -0.212. The van der Waals surface area contributed by atoms with Crippen molar-refractivity contribution in [3.63, 3.8) is 0 Å². The molecular formula is C22H18F3NO5S2. The summed E-state index contributed by atoms with van der Waals surface area (Å²) in [5, 5.41) is 12.4. The highest BCUT2D eigenvalue weighted by atomic mass is 32.2. The summed E-state index contributed by atoms with van der Waals surface area (Å²) in [6, 6.07) is 15.7. The lowest BCUT2D eigenvalue weighted by Gasteiger charge is -2.10. The zero-order valence-electron chi connectivity index (χ0n) is 17.1. The molecule has 3 aromatic carbocycles. The van der Waals surface area contributed by atoms with Gasteiger partial charge in [-0.1, -0.05) is 6.07 Å². The highest BCUT2D eigenvalue weighted by Crippen LogP contribution is 2.37. The highest BCUT2D eigenvalue weighted by Gasteiger charge is 2.29. The predicted octanol–water partition coefficient (Wildman–Crippen LogP) is 5.38. The molecule has 6 nitrogen and oxygen atoms in total. The van der Waals surface area contributed by atoms with Crippen molar-refractivity contribution < 1.29 is 36.2 Å². The zero-order chi connectivity index (χ0) is 24.2. The van der Waals surface area contributed by atoms with Crippen LogP contribution in [0.15, 0.2) is 76.5 Å².